The van der Waals surface area contributed by atoms with Crippen molar-refractivity contribution >= 4 is 15.9 Å². The minimum absolute atomic E-state index is 0.103. The average Bonchev–Trinajstić information content (AvgIpc) is 2.44. The van der Waals surface area contributed by atoms with E-state index >= 15 is 0 Å². The molecule has 0 bridgehead atoms. The van der Waals surface area contributed by atoms with Crippen LogP contribution < -0.4 is 5.73 Å². The first kappa shape index (κ1) is 15.2. The van der Waals surface area contributed by atoms with Gasteiger partial charge in [-0.05, 0) is 36.1 Å². The summed E-state index contributed by atoms with van der Waals surface area (Å²) in [4.78, 5) is 0. The minimum Gasteiger partial charge on any atom is -0.388 e. The van der Waals surface area contributed by atoms with Gasteiger partial charge in [-0.15, -0.1) is 0 Å². The zero-order valence-corrected chi connectivity index (χ0v) is 13.4. The van der Waals surface area contributed by atoms with Crippen molar-refractivity contribution in [1.82, 2.24) is 0 Å². The maximum atomic E-state index is 10.8. The molecule has 2 aromatic carbocycles. The Morgan fingerprint density at radius 3 is 2.25 bits per heavy atom. The van der Waals surface area contributed by atoms with Gasteiger partial charge in [0.25, 0.3) is 0 Å². The first-order valence-electron chi connectivity index (χ1n) is 6.75. The van der Waals surface area contributed by atoms with Crippen LogP contribution in [-0.4, -0.2) is 11.7 Å². The summed E-state index contributed by atoms with van der Waals surface area (Å²) in [6.45, 7) is 4.48. The van der Waals surface area contributed by atoms with Crippen molar-refractivity contribution < 1.29 is 5.11 Å². The second-order valence-electron chi connectivity index (χ2n) is 5.12. The molecule has 3 heteroatoms. The Morgan fingerprint density at radius 2 is 1.60 bits per heavy atom. The molecule has 0 amide bonds. The van der Waals surface area contributed by atoms with Gasteiger partial charge in [-0.3, -0.25) is 0 Å². The zero-order chi connectivity index (χ0) is 14.7. The van der Waals surface area contributed by atoms with E-state index in [0.29, 0.717) is 6.54 Å². The lowest BCUT2D eigenvalue weighted by atomic mass is 9.86. The summed E-state index contributed by atoms with van der Waals surface area (Å²) in [5, 5.41) is 10.8. The van der Waals surface area contributed by atoms with E-state index < -0.39 is 6.10 Å². The average molecular weight is 334 g/mol. The summed E-state index contributed by atoms with van der Waals surface area (Å²) in [7, 11) is 0. The van der Waals surface area contributed by atoms with Gasteiger partial charge in [0, 0.05) is 16.9 Å². The number of rotatable bonds is 4. The monoisotopic (exact) mass is 333 g/mol. The molecule has 0 fully saturated rings. The lowest BCUT2D eigenvalue weighted by molar-refractivity contribution is 0.146. The van der Waals surface area contributed by atoms with Crippen LogP contribution in [0.1, 0.15) is 34.3 Å². The minimum atomic E-state index is -0.615. The molecule has 0 aromatic heterocycles. The van der Waals surface area contributed by atoms with Crippen LogP contribution >= 0.6 is 15.9 Å². The van der Waals surface area contributed by atoms with Crippen LogP contribution in [0.25, 0.3) is 0 Å². The molecule has 2 unspecified atom stereocenters. The molecular formula is C17H20BrNO. The molecule has 0 saturated carbocycles. The zero-order valence-electron chi connectivity index (χ0n) is 11.8. The lowest BCUT2D eigenvalue weighted by Crippen LogP contribution is -2.21. The summed E-state index contributed by atoms with van der Waals surface area (Å²) in [6, 6.07) is 14.0. The molecule has 0 radical (unpaired) electrons. The molecule has 0 aliphatic heterocycles. The summed E-state index contributed by atoms with van der Waals surface area (Å²) < 4.78 is 0.958. The predicted molar refractivity (Wildman–Crippen MR) is 86.8 cm³/mol. The predicted octanol–water partition coefficient (Wildman–Crippen LogP) is 3.84. The molecule has 0 spiro atoms. The molecule has 2 aromatic rings. The van der Waals surface area contributed by atoms with E-state index in [1.54, 1.807) is 0 Å². The third-order valence-electron chi connectivity index (χ3n) is 3.76. The fraction of sp³-hybridized carbons (Fsp3) is 0.294. The molecule has 2 rings (SSSR count). The van der Waals surface area contributed by atoms with Crippen molar-refractivity contribution in [2.45, 2.75) is 25.9 Å². The van der Waals surface area contributed by atoms with Gasteiger partial charge >= 0.3 is 0 Å². The van der Waals surface area contributed by atoms with Crippen molar-refractivity contribution in [1.29, 1.82) is 0 Å². The van der Waals surface area contributed by atoms with E-state index in [0.717, 1.165) is 26.7 Å². The quantitative estimate of drug-likeness (QED) is 0.892. The molecule has 0 saturated heterocycles. The Labute approximate surface area is 128 Å². The molecule has 0 aliphatic rings. The normalized spacial score (nSPS) is 14.1. The second kappa shape index (κ2) is 6.53. The van der Waals surface area contributed by atoms with E-state index in [1.165, 1.54) is 0 Å². The van der Waals surface area contributed by atoms with E-state index in [9.17, 15) is 5.11 Å². The molecule has 0 heterocycles. The number of aryl methyl sites for hydroxylation is 2. The Hall–Kier alpha value is -1.16. The van der Waals surface area contributed by atoms with E-state index in [4.69, 9.17) is 5.73 Å². The Kier molecular flexibility index (Phi) is 4.97. The number of aliphatic hydroxyl groups excluding tert-OH is 1. The molecule has 2 nitrogen and oxygen atoms in total. The van der Waals surface area contributed by atoms with Crippen molar-refractivity contribution in [3.63, 3.8) is 0 Å². The highest BCUT2D eigenvalue weighted by atomic mass is 79.9. The van der Waals surface area contributed by atoms with Crippen molar-refractivity contribution in [3.05, 3.63) is 69.2 Å². The van der Waals surface area contributed by atoms with Gasteiger partial charge in [-0.2, -0.15) is 0 Å². The number of aliphatic hydroxyl groups is 1. The van der Waals surface area contributed by atoms with Gasteiger partial charge in [0.15, 0.2) is 0 Å². The first-order valence-corrected chi connectivity index (χ1v) is 7.54. The first-order chi connectivity index (χ1) is 9.56. The largest absolute Gasteiger partial charge is 0.388 e. The Morgan fingerprint density at radius 1 is 1.00 bits per heavy atom. The van der Waals surface area contributed by atoms with Crippen molar-refractivity contribution in [2.75, 3.05) is 6.54 Å². The maximum absolute atomic E-state index is 10.8. The molecule has 3 N–H and O–H groups in total. The summed E-state index contributed by atoms with van der Waals surface area (Å²) in [5.74, 6) is -0.103. The van der Waals surface area contributed by atoms with E-state index in [-0.39, 0.29) is 5.92 Å². The Bertz CT molecular complexity index is 597. The topological polar surface area (TPSA) is 46.2 Å². The number of hydrogen-bond acceptors (Lipinski definition) is 2. The lowest BCUT2D eigenvalue weighted by Gasteiger charge is -2.25. The van der Waals surface area contributed by atoms with Gasteiger partial charge in [-0.25, -0.2) is 0 Å². The summed E-state index contributed by atoms with van der Waals surface area (Å²) in [5.41, 5.74) is 10.2. The van der Waals surface area contributed by atoms with Crippen LogP contribution in [0.5, 0.6) is 0 Å². The standard InChI is InChI=1S/C17H20BrNO/c1-11-6-3-4-8-13(11)15(10-19)17(20)14-9-5-7-12(2)16(14)18/h3-9,15,17,20H,10,19H2,1-2H3. The molecule has 20 heavy (non-hydrogen) atoms. The highest BCUT2D eigenvalue weighted by molar-refractivity contribution is 9.10. The van der Waals surface area contributed by atoms with Gasteiger partial charge in [0.2, 0.25) is 0 Å². The van der Waals surface area contributed by atoms with Gasteiger partial charge in [-0.1, -0.05) is 58.4 Å². The van der Waals surface area contributed by atoms with Gasteiger partial charge in [0.05, 0.1) is 6.10 Å². The van der Waals surface area contributed by atoms with Gasteiger partial charge < -0.3 is 10.8 Å². The van der Waals surface area contributed by atoms with Crippen molar-refractivity contribution in [3.8, 4) is 0 Å². The van der Waals surface area contributed by atoms with Crippen LogP contribution in [0, 0.1) is 13.8 Å². The Balaban J connectivity index is 2.42. The third kappa shape index (κ3) is 2.95. The fourth-order valence-corrected chi connectivity index (χ4v) is 3.04. The van der Waals surface area contributed by atoms with Crippen LogP contribution in [0.3, 0.4) is 0 Å². The van der Waals surface area contributed by atoms with Crippen LogP contribution in [0.4, 0.5) is 0 Å². The SMILES string of the molecule is Cc1ccccc1C(CN)C(O)c1cccc(C)c1Br. The highest BCUT2D eigenvalue weighted by Crippen LogP contribution is 2.36. The number of nitrogens with two attached hydrogens (primary N) is 1. The van der Waals surface area contributed by atoms with Gasteiger partial charge in [0.1, 0.15) is 0 Å². The molecular weight excluding hydrogens is 314 g/mol. The molecule has 106 valence electrons. The summed E-state index contributed by atoms with van der Waals surface area (Å²) >= 11 is 3.57. The van der Waals surface area contributed by atoms with Crippen LogP contribution in [0.2, 0.25) is 0 Å². The van der Waals surface area contributed by atoms with E-state index in [1.807, 2.05) is 43.3 Å². The molecule has 2 atom stereocenters. The third-order valence-corrected chi connectivity index (χ3v) is 4.85. The smallest absolute Gasteiger partial charge is 0.0881 e. The van der Waals surface area contributed by atoms with E-state index in [2.05, 4.69) is 28.9 Å². The number of halogens is 1. The maximum Gasteiger partial charge on any atom is 0.0881 e. The number of benzene rings is 2. The highest BCUT2D eigenvalue weighted by Gasteiger charge is 2.24. The van der Waals surface area contributed by atoms with Crippen LogP contribution in [0.15, 0.2) is 46.9 Å². The summed E-state index contributed by atoms with van der Waals surface area (Å²) in [6.07, 6.45) is -0.615. The van der Waals surface area contributed by atoms with Crippen molar-refractivity contribution in [2.24, 2.45) is 5.73 Å². The molecule has 0 aliphatic carbocycles. The van der Waals surface area contributed by atoms with Crippen LogP contribution in [-0.2, 0) is 0 Å². The number of hydrogen-bond donors (Lipinski definition) is 2. The second-order valence-corrected chi connectivity index (χ2v) is 5.91. The fourth-order valence-electron chi connectivity index (χ4n) is 2.54.